The molecule has 1 atom stereocenters. The number of methoxy groups -OCH3 is 1. The van der Waals surface area contributed by atoms with E-state index in [2.05, 4.69) is 10.6 Å². The topological polar surface area (TPSA) is 59.6 Å². The van der Waals surface area contributed by atoms with E-state index >= 15 is 0 Å². The molecule has 0 radical (unpaired) electrons. The van der Waals surface area contributed by atoms with Crippen LogP contribution in [0.4, 0.5) is 0 Å². The number of hydrogen-bond acceptors (Lipinski definition) is 4. The second-order valence-electron chi connectivity index (χ2n) is 4.46. The van der Waals surface area contributed by atoms with Gasteiger partial charge in [0.25, 0.3) is 0 Å². The summed E-state index contributed by atoms with van der Waals surface area (Å²) in [6.07, 6.45) is 0.806. The Morgan fingerprint density at radius 2 is 2.25 bits per heavy atom. The highest BCUT2D eigenvalue weighted by molar-refractivity contribution is 5.85. The van der Waals surface area contributed by atoms with Crippen LogP contribution in [0.3, 0.4) is 0 Å². The zero-order valence-electron chi connectivity index (χ0n) is 11.6. The molecular weight excluding hydrogens is 280 g/mol. The molecule has 2 rings (SSSR count). The molecule has 6 heteroatoms. The minimum absolute atomic E-state index is 0. The lowest BCUT2D eigenvalue weighted by atomic mass is 10.0. The molecule has 0 spiro atoms. The summed E-state index contributed by atoms with van der Waals surface area (Å²) in [5, 5.41) is 6.06. The number of ether oxygens (including phenoxy) is 2. The Balaban J connectivity index is 0.00000200. The third-order valence-electron chi connectivity index (χ3n) is 3.06. The van der Waals surface area contributed by atoms with Gasteiger partial charge < -0.3 is 20.1 Å². The lowest BCUT2D eigenvalue weighted by Crippen LogP contribution is -2.38. The van der Waals surface area contributed by atoms with Crippen molar-refractivity contribution in [1.82, 2.24) is 10.6 Å². The summed E-state index contributed by atoms with van der Waals surface area (Å²) < 4.78 is 10.5. The van der Waals surface area contributed by atoms with Gasteiger partial charge in [0.05, 0.1) is 25.8 Å². The third kappa shape index (κ3) is 4.67. The first kappa shape index (κ1) is 16.8. The van der Waals surface area contributed by atoms with E-state index in [4.69, 9.17) is 9.47 Å². The molecule has 1 amide bonds. The van der Waals surface area contributed by atoms with Crippen LogP contribution >= 0.6 is 12.4 Å². The molecule has 1 aromatic rings. The number of nitrogens with one attached hydrogen (secondary N) is 2. The molecule has 1 unspecified atom stereocenters. The molecule has 0 aliphatic carbocycles. The van der Waals surface area contributed by atoms with E-state index in [0.29, 0.717) is 26.3 Å². The number of rotatable bonds is 6. The van der Waals surface area contributed by atoms with Crippen molar-refractivity contribution in [3.8, 4) is 5.75 Å². The Kier molecular flexibility index (Phi) is 7.36. The average Bonchev–Trinajstić information content (AvgIpc) is 2.44. The Morgan fingerprint density at radius 1 is 1.45 bits per heavy atom. The molecule has 0 saturated carbocycles. The lowest BCUT2D eigenvalue weighted by Gasteiger charge is -2.26. The van der Waals surface area contributed by atoms with Crippen molar-refractivity contribution >= 4 is 18.3 Å². The molecule has 112 valence electrons. The monoisotopic (exact) mass is 300 g/mol. The normalized spacial score (nSPS) is 16.6. The Labute approximate surface area is 125 Å². The number of amides is 1. The molecule has 1 aromatic carbocycles. The van der Waals surface area contributed by atoms with Gasteiger partial charge in [0.2, 0.25) is 5.91 Å². The summed E-state index contributed by atoms with van der Waals surface area (Å²) >= 11 is 0. The molecular formula is C14H21ClN2O3. The van der Waals surface area contributed by atoms with Gasteiger partial charge in [-0.1, -0.05) is 18.2 Å². The second-order valence-corrected chi connectivity index (χ2v) is 4.46. The summed E-state index contributed by atoms with van der Waals surface area (Å²) in [7, 11) is 1.64. The summed E-state index contributed by atoms with van der Waals surface area (Å²) in [6.45, 7) is 2.23. The average molecular weight is 301 g/mol. The van der Waals surface area contributed by atoms with Gasteiger partial charge in [-0.05, 0) is 6.07 Å². The smallest absolute Gasteiger partial charge is 0.234 e. The van der Waals surface area contributed by atoms with Crippen LogP contribution in [0.1, 0.15) is 18.0 Å². The van der Waals surface area contributed by atoms with Crippen LogP contribution in [0.15, 0.2) is 24.3 Å². The van der Waals surface area contributed by atoms with Crippen LogP contribution < -0.4 is 15.4 Å². The third-order valence-corrected chi connectivity index (χ3v) is 3.06. The maximum Gasteiger partial charge on any atom is 0.234 e. The van der Waals surface area contributed by atoms with E-state index in [0.717, 1.165) is 17.7 Å². The fourth-order valence-electron chi connectivity index (χ4n) is 2.11. The van der Waals surface area contributed by atoms with Gasteiger partial charge in [0.1, 0.15) is 5.75 Å². The maximum absolute atomic E-state index is 11.8. The molecule has 20 heavy (non-hydrogen) atoms. The van der Waals surface area contributed by atoms with Gasteiger partial charge in [0, 0.05) is 25.6 Å². The molecule has 1 aliphatic rings. The number of para-hydroxylation sites is 1. The van der Waals surface area contributed by atoms with Crippen LogP contribution in [0.5, 0.6) is 5.75 Å². The number of carbonyl (C=O) groups excluding carboxylic acids is 1. The Hall–Kier alpha value is -1.30. The summed E-state index contributed by atoms with van der Waals surface area (Å²) in [5.41, 5.74) is 1.05. The van der Waals surface area contributed by atoms with Gasteiger partial charge in [0.15, 0.2) is 0 Å². The van der Waals surface area contributed by atoms with Gasteiger partial charge in [-0.2, -0.15) is 0 Å². The number of benzene rings is 1. The van der Waals surface area contributed by atoms with Crippen LogP contribution in [-0.2, 0) is 9.53 Å². The first-order valence-electron chi connectivity index (χ1n) is 6.52. The zero-order valence-corrected chi connectivity index (χ0v) is 12.4. The predicted octanol–water partition coefficient (Wildman–Crippen LogP) is 1.28. The van der Waals surface area contributed by atoms with Gasteiger partial charge >= 0.3 is 0 Å². The van der Waals surface area contributed by atoms with E-state index in [1.54, 1.807) is 7.11 Å². The molecule has 0 bridgehead atoms. The number of fused-ring (bicyclic) bond motifs is 1. The molecule has 1 heterocycles. The highest BCUT2D eigenvalue weighted by Crippen LogP contribution is 2.31. The highest BCUT2D eigenvalue weighted by atomic mass is 35.5. The predicted molar refractivity (Wildman–Crippen MR) is 79.4 cm³/mol. The van der Waals surface area contributed by atoms with Gasteiger partial charge in [-0.15, -0.1) is 12.4 Å². The van der Waals surface area contributed by atoms with Crippen molar-refractivity contribution in [2.45, 2.75) is 12.5 Å². The molecule has 0 saturated heterocycles. The largest absolute Gasteiger partial charge is 0.493 e. The van der Waals surface area contributed by atoms with Crippen LogP contribution in [0.2, 0.25) is 0 Å². The Morgan fingerprint density at radius 3 is 3.05 bits per heavy atom. The standard InChI is InChI=1S/C14H20N2O3.ClH/c1-18-9-7-15-10-14(17)16-12-6-8-19-13-5-3-2-4-11(12)13;/h2-5,12,15H,6-10H2,1H3,(H,16,17);1H. The van der Waals surface area contributed by atoms with Gasteiger partial charge in [-0.3, -0.25) is 4.79 Å². The zero-order chi connectivity index (χ0) is 13.5. The van der Waals surface area contributed by atoms with Crippen LogP contribution in [0, 0.1) is 0 Å². The molecule has 0 fully saturated rings. The fraction of sp³-hybridized carbons (Fsp3) is 0.500. The minimum atomic E-state index is -0.00203. The highest BCUT2D eigenvalue weighted by Gasteiger charge is 2.22. The van der Waals surface area contributed by atoms with Crippen molar-refractivity contribution in [2.75, 3.05) is 33.4 Å². The van der Waals surface area contributed by atoms with Crippen molar-refractivity contribution < 1.29 is 14.3 Å². The maximum atomic E-state index is 11.8. The van der Waals surface area contributed by atoms with Crippen molar-refractivity contribution in [3.05, 3.63) is 29.8 Å². The first-order valence-corrected chi connectivity index (χ1v) is 6.52. The quantitative estimate of drug-likeness (QED) is 0.777. The summed E-state index contributed by atoms with van der Waals surface area (Å²) in [5.74, 6) is 0.865. The van der Waals surface area contributed by atoms with Crippen molar-refractivity contribution in [1.29, 1.82) is 0 Å². The summed E-state index contributed by atoms with van der Waals surface area (Å²) in [4.78, 5) is 11.8. The van der Waals surface area contributed by atoms with E-state index in [9.17, 15) is 4.79 Å². The number of hydrogen-bond donors (Lipinski definition) is 2. The van der Waals surface area contributed by atoms with Gasteiger partial charge in [-0.25, -0.2) is 0 Å². The summed E-state index contributed by atoms with van der Waals surface area (Å²) in [6, 6.07) is 7.88. The molecule has 2 N–H and O–H groups in total. The van der Waals surface area contributed by atoms with Crippen molar-refractivity contribution in [3.63, 3.8) is 0 Å². The molecule has 0 aromatic heterocycles. The van der Waals surface area contributed by atoms with Crippen LogP contribution in [-0.4, -0.2) is 39.3 Å². The first-order chi connectivity index (χ1) is 9.31. The lowest BCUT2D eigenvalue weighted by molar-refractivity contribution is -0.121. The van der Waals surface area contributed by atoms with E-state index < -0.39 is 0 Å². The SMILES string of the molecule is COCCNCC(=O)NC1CCOc2ccccc21.Cl. The van der Waals surface area contributed by atoms with E-state index in [1.165, 1.54) is 0 Å². The number of halogens is 1. The fourth-order valence-corrected chi connectivity index (χ4v) is 2.11. The van der Waals surface area contributed by atoms with E-state index in [-0.39, 0.29) is 24.4 Å². The van der Waals surface area contributed by atoms with Crippen molar-refractivity contribution in [2.24, 2.45) is 0 Å². The Bertz CT molecular complexity index is 429. The molecule has 1 aliphatic heterocycles. The second kappa shape index (κ2) is 8.79. The molecule has 5 nitrogen and oxygen atoms in total. The van der Waals surface area contributed by atoms with Crippen LogP contribution in [0.25, 0.3) is 0 Å². The minimum Gasteiger partial charge on any atom is -0.493 e. The number of carbonyl (C=O) groups is 1. The van der Waals surface area contributed by atoms with E-state index in [1.807, 2.05) is 24.3 Å².